The molecule has 2 aromatic rings. The third-order valence-electron chi connectivity index (χ3n) is 4.53. The number of hydrogen-bond acceptors (Lipinski definition) is 1. The predicted molar refractivity (Wildman–Crippen MR) is 91.0 cm³/mol. The molecular weight excluding hydrogens is 256 g/mol. The van der Waals surface area contributed by atoms with Crippen molar-refractivity contribution in [3.05, 3.63) is 40.8 Å². The van der Waals surface area contributed by atoms with Gasteiger partial charge in [0.15, 0.2) is 0 Å². The highest BCUT2D eigenvalue weighted by Gasteiger charge is 2.25. The second kappa shape index (κ2) is 5.01. The summed E-state index contributed by atoms with van der Waals surface area (Å²) in [7, 11) is 0. The standard InChI is InChI=1S/C19H26N2.H2/c1-12(2)18-20-11-17(21-18)15-9-10-16(19(3,4)5)14-8-6-7-13(14)15;/h9-12H,6-8H2,1-5H3,(H,20,21);1H. The SMILES string of the molecule is CC(C)c1ncc(-c2ccc(C(C)(C)C)c3c2CCC3)[nH]1.[HH]. The number of nitrogens with one attached hydrogen (secondary N) is 1. The van der Waals surface area contributed by atoms with Crippen LogP contribution in [-0.2, 0) is 18.3 Å². The summed E-state index contributed by atoms with van der Waals surface area (Å²) in [6.45, 7) is 11.3. The van der Waals surface area contributed by atoms with Crippen LogP contribution in [0, 0.1) is 0 Å². The van der Waals surface area contributed by atoms with Crippen LogP contribution in [0.1, 0.15) is 70.9 Å². The first-order chi connectivity index (χ1) is 9.88. The Morgan fingerprint density at radius 2 is 1.86 bits per heavy atom. The Morgan fingerprint density at radius 1 is 1.14 bits per heavy atom. The van der Waals surface area contributed by atoms with Crippen molar-refractivity contribution in [1.82, 2.24) is 9.97 Å². The number of aromatic amines is 1. The van der Waals surface area contributed by atoms with Crippen LogP contribution in [0.2, 0.25) is 0 Å². The molecular formula is C19H28N2. The fourth-order valence-electron chi connectivity index (χ4n) is 3.43. The highest BCUT2D eigenvalue weighted by Crippen LogP contribution is 2.38. The molecule has 0 unspecified atom stereocenters. The van der Waals surface area contributed by atoms with Crippen LogP contribution in [0.25, 0.3) is 11.3 Å². The Balaban J connectivity index is 0.00000176. The van der Waals surface area contributed by atoms with Gasteiger partial charge in [-0.05, 0) is 41.4 Å². The topological polar surface area (TPSA) is 28.7 Å². The molecule has 1 heterocycles. The molecule has 2 nitrogen and oxygen atoms in total. The van der Waals surface area contributed by atoms with Crippen molar-refractivity contribution in [3.63, 3.8) is 0 Å². The molecule has 0 fully saturated rings. The molecule has 0 saturated carbocycles. The summed E-state index contributed by atoms with van der Waals surface area (Å²) in [6, 6.07) is 4.62. The van der Waals surface area contributed by atoms with E-state index in [0.717, 1.165) is 5.82 Å². The quantitative estimate of drug-likeness (QED) is 0.803. The predicted octanol–water partition coefficient (Wildman–Crippen LogP) is 5.23. The Hall–Kier alpha value is -1.57. The first kappa shape index (κ1) is 14.4. The first-order valence-corrected chi connectivity index (χ1v) is 8.08. The molecule has 1 aromatic carbocycles. The molecule has 0 spiro atoms. The Morgan fingerprint density at radius 3 is 2.48 bits per heavy atom. The molecule has 1 aromatic heterocycles. The van der Waals surface area contributed by atoms with Gasteiger partial charge in [-0.1, -0.05) is 46.8 Å². The minimum atomic E-state index is 0. The lowest BCUT2D eigenvalue weighted by atomic mass is 9.81. The molecule has 1 aliphatic carbocycles. The van der Waals surface area contributed by atoms with E-state index in [9.17, 15) is 0 Å². The molecule has 114 valence electrons. The number of hydrogen-bond donors (Lipinski definition) is 1. The van der Waals surface area contributed by atoms with E-state index in [1.807, 2.05) is 6.20 Å². The van der Waals surface area contributed by atoms with Crippen LogP contribution in [0.5, 0.6) is 0 Å². The fourth-order valence-corrected chi connectivity index (χ4v) is 3.43. The van der Waals surface area contributed by atoms with Gasteiger partial charge in [-0.15, -0.1) is 0 Å². The minimum Gasteiger partial charge on any atom is -0.342 e. The monoisotopic (exact) mass is 284 g/mol. The number of benzene rings is 1. The summed E-state index contributed by atoms with van der Waals surface area (Å²) in [5, 5.41) is 0. The third-order valence-corrected chi connectivity index (χ3v) is 4.53. The van der Waals surface area contributed by atoms with Crippen molar-refractivity contribution in [2.24, 2.45) is 0 Å². The van der Waals surface area contributed by atoms with E-state index in [4.69, 9.17) is 0 Å². The molecule has 1 aliphatic rings. The van der Waals surface area contributed by atoms with Gasteiger partial charge in [0.2, 0.25) is 0 Å². The van der Waals surface area contributed by atoms with Crippen molar-refractivity contribution in [2.45, 2.75) is 65.2 Å². The average molecular weight is 284 g/mol. The number of imidazole rings is 1. The first-order valence-electron chi connectivity index (χ1n) is 8.08. The Labute approximate surface area is 129 Å². The maximum Gasteiger partial charge on any atom is 0.109 e. The number of rotatable bonds is 2. The molecule has 1 N–H and O–H groups in total. The van der Waals surface area contributed by atoms with E-state index >= 15 is 0 Å². The van der Waals surface area contributed by atoms with Gasteiger partial charge in [0.1, 0.15) is 5.82 Å². The van der Waals surface area contributed by atoms with E-state index in [2.05, 4.69) is 56.7 Å². The fraction of sp³-hybridized carbons (Fsp3) is 0.526. The van der Waals surface area contributed by atoms with E-state index < -0.39 is 0 Å². The third kappa shape index (κ3) is 2.52. The summed E-state index contributed by atoms with van der Waals surface area (Å²) in [5.41, 5.74) is 7.40. The van der Waals surface area contributed by atoms with E-state index in [-0.39, 0.29) is 6.84 Å². The van der Waals surface area contributed by atoms with E-state index in [0.29, 0.717) is 5.92 Å². The summed E-state index contributed by atoms with van der Waals surface area (Å²) >= 11 is 0. The number of nitrogens with zero attached hydrogens (tertiary/aromatic N) is 1. The van der Waals surface area contributed by atoms with Crippen molar-refractivity contribution in [1.29, 1.82) is 0 Å². The van der Waals surface area contributed by atoms with Gasteiger partial charge in [-0.2, -0.15) is 0 Å². The lowest BCUT2D eigenvalue weighted by molar-refractivity contribution is 0.583. The smallest absolute Gasteiger partial charge is 0.109 e. The second-order valence-electron chi connectivity index (χ2n) is 7.56. The van der Waals surface area contributed by atoms with Crippen LogP contribution in [-0.4, -0.2) is 9.97 Å². The summed E-state index contributed by atoms with van der Waals surface area (Å²) in [4.78, 5) is 8.04. The minimum absolute atomic E-state index is 0. The molecule has 21 heavy (non-hydrogen) atoms. The zero-order valence-electron chi connectivity index (χ0n) is 13.9. The van der Waals surface area contributed by atoms with Gasteiger partial charge >= 0.3 is 0 Å². The van der Waals surface area contributed by atoms with Gasteiger partial charge in [0.25, 0.3) is 0 Å². The maximum absolute atomic E-state index is 4.53. The second-order valence-corrected chi connectivity index (χ2v) is 7.56. The molecule has 0 amide bonds. The van der Waals surface area contributed by atoms with E-state index in [1.54, 1.807) is 11.1 Å². The number of fused-ring (bicyclic) bond motifs is 1. The van der Waals surface area contributed by atoms with Crippen LogP contribution in [0.3, 0.4) is 0 Å². The van der Waals surface area contributed by atoms with Gasteiger partial charge in [-0.25, -0.2) is 4.98 Å². The molecule has 0 aliphatic heterocycles. The van der Waals surface area contributed by atoms with Crippen LogP contribution >= 0.6 is 0 Å². The van der Waals surface area contributed by atoms with E-state index in [1.165, 1.54) is 36.1 Å². The molecule has 0 atom stereocenters. The van der Waals surface area contributed by atoms with Crippen molar-refractivity contribution in [2.75, 3.05) is 0 Å². The number of H-pyrrole nitrogens is 1. The average Bonchev–Trinajstić information content (AvgIpc) is 3.05. The van der Waals surface area contributed by atoms with Gasteiger partial charge in [0, 0.05) is 12.9 Å². The zero-order chi connectivity index (χ0) is 15.2. The normalized spacial score (nSPS) is 14.8. The lowest BCUT2D eigenvalue weighted by Crippen LogP contribution is -2.14. The van der Waals surface area contributed by atoms with Crippen molar-refractivity contribution >= 4 is 0 Å². The zero-order valence-corrected chi connectivity index (χ0v) is 13.9. The molecule has 0 bridgehead atoms. The summed E-state index contributed by atoms with van der Waals surface area (Å²) in [5.74, 6) is 1.53. The molecule has 0 saturated heterocycles. The van der Waals surface area contributed by atoms with Gasteiger partial charge in [-0.3, -0.25) is 0 Å². The highest BCUT2D eigenvalue weighted by molar-refractivity contribution is 5.68. The van der Waals surface area contributed by atoms with Crippen molar-refractivity contribution in [3.8, 4) is 11.3 Å². The highest BCUT2D eigenvalue weighted by atomic mass is 14.9. The van der Waals surface area contributed by atoms with Crippen LogP contribution < -0.4 is 0 Å². The number of aromatic nitrogens is 2. The molecule has 3 rings (SSSR count). The van der Waals surface area contributed by atoms with Crippen LogP contribution in [0.15, 0.2) is 18.3 Å². The summed E-state index contributed by atoms with van der Waals surface area (Å²) < 4.78 is 0. The summed E-state index contributed by atoms with van der Waals surface area (Å²) in [6.07, 6.45) is 5.70. The van der Waals surface area contributed by atoms with Gasteiger partial charge in [0.05, 0.1) is 11.9 Å². The Bertz CT molecular complexity index is 663. The molecule has 2 heteroatoms. The Kier molecular flexibility index (Phi) is 3.43. The van der Waals surface area contributed by atoms with Crippen molar-refractivity contribution < 1.29 is 1.43 Å². The lowest BCUT2D eigenvalue weighted by Gasteiger charge is -2.24. The molecule has 0 radical (unpaired) electrons. The van der Waals surface area contributed by atoms with Crippen LogP contribution in [0.4, 0.5) is 0 Å². The maximum atomic E-state index is 4.53. The largest absolute Gasteiger partial charge is 0.342 e. The van der Waals surface area contributed by atoms with Gasteiger partial charge < -0.3 is 4.98 Å².